The molecule has 0 aliphatic carbocycles. The van der Waals surface area contributed by atoms with E-state index in [1.807, 2.05) is 11.8 Å². The number of anilines is 2. The normalized spacial score (nSPS) is 23.4. The first kappa shape index (κ1) is 30.6. The molecular weight excluding hydrogens is 580 g/mol. The van der Waals surface area contributed by atoms with Crippen LogP contribution in [0.2, 0.25) is 0 Å². The summed E-state index contributed by atoms with van der Waals surface area (Å²) >= 11 is 0. The summed E-state index contributed by atoms with van der Waals surface area (Å²) in [7, 11) is 0. The lowest BCUT2D eigenvalue weighted by molar-refractivity contribution is -0.140. The van der Waals surface area contributed by atoms with Crippen molar-refractivity contribution in [1.29, 1.82) is 0 Å². The molecule has 5 heterocycles. The summed E-state index contributed by atoms with van der Waals surface area (Å²) in [6, 6.07) is 0.990. The van der Waals surface area contributed by atoms with Gasteiger partial charge in [0.25, 0.3) is 0 Å². The van der Waals surface area contributed by atoms with Gasteiger partial charge in [-0.1, -0.05) is 6.58 Å². The topological polar surface area (TPSA) is 97.0 Å². The highest BCUT2D eigenvalue weighted by molar-refractivity contribution is 5.87. The Morgan fingerprint density at radius 1 is 1.23 bits per heavy atom. The van der Waals surface area contributed by atoms with Gasteiger partial charge in [0, 0.05) is 43.2 Å². The summed E-state index contributed by atoms with van der Waals surface area (Å²) in [6.07, 6.45) is -0.686. The molecule has 0 spiro atoms. The van der Waals surface area contributed by atoms with Gasteiger partial charge in [0.15, 0.2) is 5.82 Å². The van der Waals surface area contributed by atoms with E-state index in [4.69, 9.17) is 25.2 Å². The number of aryl methyl sites for hydroxylation is 1. The smallest absolute Gasteiger partial charge is 0.417 e. The highest BCUT2D eigenvalue weighted by Crippen LogP contribution is 2.45. The van der Waals surface area contributed by atoms with Crippen molar-refractivity contribution >= 4 is 17.4 Å². The maximum absolute atomic E-state index is 15.4. The van der Waals surface area contributed by atoms with E-state index in [1.54, 1.807) is 4.90 Å². The van der Waals surface area contributed by atoms with E-state index < -0.39 is 29.2 Å². The summed E-state index contributed by atoms with van der Waals surface area (Å²) in [5.41, 5.74) is 4.54. The molecule has 1 aromatic heterocycles. The number of nitrogen functional groups attached to an aromatic ring is 1. The van der Waals surface area contributed by atoms with Gasteiger partial charge in [0.2, 0.25) is 5.91 Å². The molecule has 13 heteroatoms. The number of nitrogens with two attached hydrogens (primary N) is 1. The molecule has 0 saturated carbocycles. The van der Waals surface area contributed by atoms with Crippen LogP contribution in [0.25, 0.3) is 0 Å². The molecule has 4 aliphatic rings. The van der Waals surface area contributed by atoms with E-state index in [2.05, 4.69) is 11.5 Å². The molecule has 6 rings (SSSR count). The lowest BCUT2D eigenvalue weighted by Crippen LogP contribution is -2.54. The van der Waals surface area contributed by atoms with E-state index in [0.717, 1.165) is 44.8 Å². The summed E-state index contributed by atoms with van der Waals surface area (Å²) in [5.74, 6) is -0.747. The van der Waals surface area contributed by atoms with Crippen molar-refractivity contribution < 1.29 is 31.8 Å². The molecule has 1 amide bonds. The third-order valence-corrected chi connectivity index (χ3v) is 9.66. The number of amides is 1. The molecule has 3 fully saturated rings. The molecule has 2 N–H and O–H groups in total. The van der Waals surface area contributed by atoms with Crippen LogP contribution in [0.1, 0.15) is 66.7 Å². The Hall–Kier alpha value is -3.45. The zero-order chi connectivity index (χ0) is 31.4. The summed E-state index contributed by atoms with van der Waals surface area (Å²) < 4.78 is 70.2. The Bertz CT molecular complexity index is 1460. The van der Waals surface area contributed by atoms with Crippen LogP contribution in [0, 0.1) is 12.7 Å². The molecule has 1 aromatic carbocycles. The van der Waals surface area contributed by atoms with Gasteiger partial charge in [0.1, 0.15) is 12.4 Å². The number of halogens is 4. The third kappa shape index (κ3) is 5.38. The van der Waals surface area contributed by atoms with Crippen LogP contribution in [-0.4, -0.2) is 76.6 Å². The molecule has 4 aliphatic heterocycles. The Morgan fingerprint density at radius 2 is 1.95 bits per heavy atom. The predicted octanol–water partition coefficient (Wildman–Crippen LogP) is 4.57. The van der Waals surface area contributed by atoms with Gasteiger partial charge in [-0.2, -0.15) is 23.1 Å². The fourth-order valence-corrected chi connectivity index (χ4v) is 7.50. The number of aromatic nitrogens is 2. The van der Waals surface area contributed by atoms with Gasteiger partial charge >= 0.3 is 12.2 Å². The highest BCUT2D eigenvalue weighted by Gasteiger charge is 2.46. The maximum Gasteiger partial charge on any atom is 0.417 e. The second-order valence-corrected chi connectivity index (χ2v) is 12.4. The first-order chi connectivity index (χ1) is 20.9. The Kier molecular flexibility index (Phi) is 7.98. The lowest BCUT2D eigenvalue weighted by atomic mass is 9.91. The van der Waals surface area contributed by atoms with Crippen LogP contribution in [0.5, 0.6) is 6.01 Å². The van der Waals surface area contributed by atoms with Crippen LogP contribution < -0.4 is 15.4 Å². The van der Waals surface area contributed by atoms with E-state index in [1.165, 1.54) is 13.0 Å². The second-order valence-electron chi connectivity index (χ2n) is 12.4. The SMILES string of the molecule is C=CC(=O)N1CCN(c2nc(OCC34CCCN3CCC4)nc3c2COC(c2c(F)c(N)cc(C)c2C(F)(F)F)C3)[C@@H](C)C1. The zero-order valence-corrected chi connectivity index (χ0v) is 25.1. The molecule has 0 radical (unpaired) electrons. The van der Waals surface area contributed by atoms with E-state index in [0.29, 0.717) is 43.3 Å². The number of hydrogen-bond acceptors (Lipinski definition) is 8. The molecule has 9 nitrogen and oxygen atoms in total. The Labute approximate surface area is 254 Å². The molecular formula is C31H38F4N6O3. The predicted molar refractivity (Wildman–Crippen MR) is 156 cm³/mol. The fourth-order valence-electron chi connectivity index (χ4n) is 7.50. The highest BCUT2D eigenvalue weighted by atomic mass is 19.4. The van der Waals surface area contributed by atoms with E-state index in [-0.39, 0.29) is 47.8 Å². The summed E-state index contributed by atoms with van der Waals surface area (Å²) in [4.78, 5) is 28.0. The number of alkyl halides is 3. The van der Waals surface area contributed by atoms with Crippen molar-refractivity contribution in [3.63, 3.8) is 0 Å². The van der Waals surface area contributed by atoms with E-state index >= 15 is 4.39 Å². The van der Waals surface area contributed by atoms with Crippen molar-refractivity contribution in [2.75, 3.05) is 50.0 Å². The summed E-state index contributed by atoms with van der Waals surface area (Å²) in [6.45, 7) is 10.5. The number of rotatable bonds is 6. The average Bonchev–Trinajstić information content (AvgIpc) is 3.56. The van der Waals surface area contributed by atoms with Gasteiger partial charge in [-0.3, -0.25) is 9.69 Å². The van der Waals surface area contributed by atoms with E-state index in [9.17, 15) is 18.0 Å². The number of carbonyl (C=O) groups excluding carboxylic acids is 1. The number of piperazine rings is 1. The third-order valence-electron chi connectivity index (χ3n) is 9.66. The molecule has 44 heavy (non-hydrogen) atoms. The molecule has 1 unspecified atom stereocenters. The van der Waals surface area contributed by atoms with Crippen LogP contribution in [0.3, 0.4) is 0 Å². The van der Waals surface area contributed by atoms with Crippen LogP contribution in [0.4, 0.5) is 29.1 Å². The number of benzene rings is 1. The fraction of sp³-hybridized carbons (Fsp3) is 0.581. The molecule has 0 bridgehead atoms. The van der Waals surface area contributed by atoms with Gasteiger partial charge in [-0.25, -0.2) is 4.39 Å². The molecule has 2 atom stereocenters. The number of nitrogens with zero attached hydrogens (tertiary/aromatic N) is 5. The number of fused-ring (bicyclic) bond motifs is 2. The van der Waals surface area contributed by atoms with Gasteiger partial charge in [0.05, 0.1) is 35.2 Å². The van der Waals surface area contributed by atoms with Crippen molar-refractivity contribution in [2.45, 2.75) is 76.4 Å². The second kappa shape index (κ2) is 11.5. The largest absolute Gasteiger partial charge is 0.461 e. The summed E-state index contributed by atoms with van der Waals surface area (Å²) in [5, 5.41) is 0. The van der Waals surface area contributed by atoms with Crippen molar-refractivity contribution in [3.05, 3.63) is 52.5 Å². The van der Waals surface area contributed by atoms with Crippen LogP contribution in [0.15, 0.2) is 18.7 Å². The first-order valence-electron chi connectivity index (χ1n) is 15.1. The van der Waals surface area contributed by atoms with Gasteiger partial charge < -0.3 is 25.0 Å². The molecule has 3 saturated heterocycles. The van der Waals surface area contributed by atoms with Gasteiger partial charge in [-0.05, 0) is 70.3 Å². The van der Waals surface area contributed by atoms with Gasteiger partial charge in [-0.15, -0.1) is 0 Å². The number of hydrogen-bond donors (Lipinski definition) is 1. The minimum atomic E-state index is -4.81. The van der Waals surface area contributed by atoms with Crippen molar-refractivity contribution in [3.8, 4) is 6.01 Å². The van der Waals surface area contributed by atoms with Crippen molar-refractivity contribution in [1.82, 2.24) is 19.8 Å². The Morgan fingerprint density at radius 3 is 2.61 bits per heavy atom. The maximum atomic E-state index is 15.4. The Balaban J connectivity index is 1.37. The minimum absolute atomic E-state index is 0.0706. The monoisotopic (exact) mass is 618 g/mol. The number of carbonyl (C=O) groups is 1. The lowest BCUT2D eigenvalue weighted by Gasteiger charge is -2.41. The quantitative estimate of drug-likeness (QED) is 0.286. The molecule has 238 valence electrons. The van der Waals surface area contributed by atoms with Crippen molar-refractivity contribution in [2.24, 2.45) is 0 Å². The number of ether oxygens (including phenoxy) is 2. The molecule has 2 aromatic rings. The first-order valence-corrected chi connectivity index (χ1v) is 15.1. The average molecular weight is 619 g/mol. The standard InChI is InChI=1S/C31H38F4N6O3/c1-4-24(42)39-11-12-41(19(3)15-39)28-20-16-43-23(25-26(31(33,34)35)18(2)13-21(36)27(25)32)14-22(20)37-29(38-28)44-17-30-7-5-9-40(30)10-6-8-30/h4,13,19,23H,1,5-12,14-17,36H2,2-3H3/t19-,23?/m0/s1. The minimum Gasteiger partial charge on any atom is -0.461 e. The van der Waals surface area contributed by atoms with Crippen LogP contribution >= 0.6 is 0 Å². The van der Waals surface area contributed by atoms with Crippen LogP contribution in [-0.2, 0) is 28.7 Å². The zero-order valence-electron chi connectivity index (χ0n) is 25.1.